The molecule has 38 heavy (non-hydrogen) atoms. The highest BCUT2D eigenvalue weighted by Gasteiger charge is 2.62. The molecule has 4 heterocycles. The molecular weight excluding hydrogens is 492 g/mol. The third-order valence-electron chi connectivity index (χ3n) is 7.98. The zero-order valence-electron chi connectivity index (χ0n) is 20.6. The fourth-order valence-corrected chi connectivity index (χ4v) is 6.26. The van der Waals surface area contributed by atoms with Crippen LogP contribution in [0.2, 0.25) is 0 Å². The number of hydrogen-bond donors (Lipinski definition) is 3. The van der Waals surface area contributed by atoms with Crippen LogP contribution < -0.4 is 10.6 Å². The van der Waals surface area contributed by atoms with Gasteiger partial charge in [-0.15, -0.1) is 0 Å². The van der Waals surface area contributed by atoms with Crippen LogP contribution in [0.25, 0.3) is 11.2 Å². The van der Waals surface area contributed by atoms with Gasteiger partial charge >= 0.3 is 12.0 Å². The molecule has 4 aliphatic rings. The number of anilines is 1. The van der Waals surface area contributed by atoms with E-state index in [2.05, 4.69) is 25.6 Å². The van der Waals surface area contributed by atoms with Gasteiger partial charge in [0.1, 0.15) is 18.5 Å². The normalized spacial score (nSPS) is 27.9. The van der Waals surface area contributed by atoms with Crippen molar-refractivity contribution in [3.8, 4) is 0 Å². The fourth-order valence-electron chi connectivity index (χ4n) is 6.26. The largest absolute Gasteiger partial charge is 0.479 e. The van der Waals surface area contributed by atoms with Crippen LogP contribution in [0.15, 0.2) is 36.9 Å². The Morgan fingerprint density at radius 1 is 1.00 bits per heavy atom. The summed E-state index contributed by atoms with van der Waals surface area (Å²) >= 11 is 0. The van der Waals surface area contributed by atoms with E-state index in [1.54, 1.807) is 4.57 Å². The number of carboxylic acid groups (broad SMARTS) is 1. The summed E-state index contributed by atoms with van der Waals surface area (Å²) in [4.78, 5) is 37.8. The summed E-state index contributed by atoms with van der Waals surface area (Å²) in [6.45, 7) is 0. The summed E-state index contributed by atoms with van der Waals surface area (Å²) in [5.74, 6) is -1.80. The van der Waals surface area contributed by atoms with Gasteiger partial charge in [-0.3, -0.25) is 9.88 Å². The van der Waals surface area contributed by atoms with Crippen LogP contribution in [0.4, 0.5) is 10.6 Å². The molecule has 2 aliphatic carbocycles. The average Bonchev–Trinajstić information content (AvgIpc) is 3.65. The summed E-state index contributed by atoms with van der Waals surface area (Å²) in [5.41, 5.74) is 3.01. The minimum absolute atomic E-state index is 0.143. The van der Waals surface area contributed by atoms with Gasteiger partial charge in [0.2, 0.25) is 0 Å². The van der Waals surface area contributed by atoms with Gasteiger partial charge in [0.25, 0.3) is 0 Å². The number of urea groups is 1. The molecule has 12 heteroatoms. The van der Waals surface area contributed by atoms with Crippen LogP contribution in [0.1, 0.15) is 49.5 Å². The van der Waals surface area contributed by atoms with E-state index in [1.165, 1.54) is 19.1 Å². The molecule has 2 aromatic heterocycles. The highest BCUT2D eigenvalue weighted by atomic mass is 16.8. The van der Waals surface area contributed by atoms with Crippen LogP contribution in [0.3, 0.4) is 0 Å². The number of aromatic nitrogens is 4. The molecule has 2 saturated heterocycles. The first-order valence-corrected chi connectivity index (χ1v) is 13.1. The van der Waals surface area contributed by atoms with Crippen molar-refractivity contribution in [3.05, 3.63) is 48.0 Å². The Kier molecular flexibility index (Phi) is 5.57. The van der Waals surface area contributed by atoms with Gasteiger partial charge < -0.3 is 24.6 Å². The highest BCUT2D eigenvalue weighted by Crippen LogP contribution is 2.48. The number of carbonyl (C=O) groups excluding carboxylic acids is 1. The van der Waals surface area contributed by atoms with E-state index in [4.69, 9.17) is 14.2 Å². The molecule has 1 aromatic carbocycles. The van der Waals surface area contributed by atoms with Gasteiger partial charge in [0.15, 0.2) is 35.1 Å². The number of carbonyl (C=O) groups is 2. The Balaban J connectivity index is 1.15. The van der Waals surface area contributed by atoms with E-state index in [1.807, 2.05) is 24.3 Å². The number of imidazole rings is 1. The van der Waals surface area contributed by atoms with Crippen molar-refractivity contribution in [1.29, 1.82) is 0 Å². The molecule has 1 saturated carbocycles. The number of nitrogens with one attached hydrogen (secondary N) is 2. The molecule has 3 fully saturated rings. The van der Waals surface area contributed by atoms with Gasteiger partial charge in [0, 0.05) is 18.9 Å². The number of nitrogens with zero attached hydrogens (tertiary/aromatic N) is 4. The predicted molar refractivity (Wildman–Crippen MR) is 132 cm³/mol. The lowest BCUT2D eigenvalue weighted by atomic mass is 9.96. The summed E-state index contributed by atoms with van der Waals surface area (Å²) in [6.07, 6.45) is 5.68. The second-order valence-corrected chi connectivity index (χ2v) is 10.5. The average molecular weight is 521 g/mol. The third-order valence-corrected chi connectivity index (χ3v) is 7.98. The topological polar surface area (TPSA) is 150 Å². The number of amides is 2. The van der Waals surface area contributed by atoms with Gasteiger partial charge in [-0.25, -0.2) is 24.5 Å². The molecular formula is C26H28N6O6. The Morgan fingerprint density at radius 3 is 2.47 bits per heavy atom. The van der Waals surface area contributed by atoms with Crippen molar-refractivity contribution < 1.29 is 28.9 Å². The zero-order chi connectivity index (χ0) is 25.9. The predicted octanol–water partition coefficient (Wildman–Crippen LogP) is 2.54. The van der Waals surface area contributed by atoms with Crippen LogP contribution >= 0.6 is 0 Å². The highest BCUT2D eigenvalue weighted by molar-refractivity contribution is 5.96. The van der Waals surface area contributed by atoms with Crippen molar-refractivity contribution >= 4 is 29.0 Å². The van der Waals surface area contributed by atoms with Crippen molar-refractivity contribution in [3.63, 3.8) is 0 Å². The first kappa shape index (κ1) is 23.5. The SMILES string of the molecule is O=C(Nc1ncnc2c1ncn2[C@@H]1O[C@H](C(=O)O)C2OC3(Cc4ccccc4C3)OC21)NC1CCCCC1. The number of rotatable bonds is 4. The first-order chi connectivity index (χ1) is 18.5. The van der Waals surface area contributed by atoms with Gasteiger partial charge in [0.05, 0.1) is 6.33 Å². The minimum atomic E-state index is -1.22. The Bertz CT molecular complexity index is 1380. The summed E-state index contributed by atoms with van der Waals surface area (Å²) in [5, 5.41) is 15.7. The van der Waals surface area contributed by atoms with Crippen molar-refractivity contribution in [1.82, 2.24) is 24.8 Å². The number of aliphatic carboxylic acids is 1. The zero-order valence-corrected chi connectivity index (χ0v) is 20.6. The smallest absolute Gasteiger partial charge is 0.335 e. The number of benzene rings is 1. The summed E-state index contributed by atoms with van der Waals surface area (Å²) in [7, 11) is 0. The quantitative estimate of drug-likeness (QED) is 0.472. The molecule has 1 spiro atoms. The van der Waals surface area contributed by atoms with E-state index < -0.39 is 36.3 Å². The molecule has 2 amide bonds. The molecule has 0 radical (unpaired) electrons. The maximum absolute atomic E-state index is 12.6. The van der Waals surface area contributed by atoms with E-state index >= 15 is 0 Å². The molecule has 12 nitrogen and oxygen atoms in total. The van der Waals surface area contributed by atoms with Gasteiger partial charge in [-0.1, -0.05) is 43.5 Å². The van der Waals surface area contributed by atoms with Gasteiger partial charge in [-0.2, -0.15) is 0 Å². The summed E-state index contributed by atoms with van der Waals surface area (Å²) < 4.78 is 20.4. The lowest BCUT2D eigenvalue weighted by Crippen LogP contribution is -2.39. The first-order valence-electron chi connectivity index (χ1n) is 13.1. The van der Waals surface area contributed by atoms with Crippen LogP contribution in [-0.2, 0) is 31.8 Å². The number of ether oxygens (including phenoxy) is 3. The number of fused-ring (bicyclic) bond motifs is 3. The third kappa shape index (κ3) is 3.91. The molecule has 4 atom stereocenters. The van der Waals surface area contributed by atoms with Gasteiger partial charge in [-0.05, 0) is 24.0 Å². The lowest BCUT2D eigenvalue weighted by Gasteiger charge is -2.26. The second-order valence-electron chi connectivity index (χ2n) is 10.5. The molecule has 3 aromatic rings. The number of carboxylic acids is 1. The standard InChI is InChI=1S/C26H28N6O6/c33-24(34)20-18-19(38-26(37-18)10-14-6-4-5-7-15(14)11-26)23(36-20)32-13-29-17-21(27-12-28-22(17)32)31-25(35)30-16-8-2-1-3-9-16/h4-7,12-13,16,18-20,23H,1-3,8-11H2,(H,33,34)(H2,27,28,30,31,35)/t18?,19?,20-,23+/m0/s1. The van der Waals surface area contributed by atoms with Crippen LogP contribution in [-0.4, -0.2) is 66.8 Å². The Morgan fingerprint density at radius 2 is 1.74 bits per heavy atom. The monoisotopic (exact) mass is 520 g/mol. The van der Waals surface area contributed by atoms with E-state index in [-0.39, 0.29) is 17.9 Å². The maximum atomic E-state index is 12.6. The van der Waals surface area contributed by atoms with E-state index in [9.17, 15) is 14.7 Å². The van der Waals surface area contributed by atoms with Crippen molar-refractivity contribution in [2.45, 2.75) is 81.3 Å². The number of hydrogen-bond acceptors (Lipinski definition) is 8. The van der Waals surface area contributed by atoms with E-state index in [0.717, 1.165) is 36.8 Å². The van der Waals surface area contributed by atoms with Crippen molar-refractivity contribution in [2.24, 2.45) is 0 Å². The minimum Gasteiger partial charge on any atom is -0.479 e. The molecule has 198 valence electrons. The fraction of sp³-hybridized carbons (Fsp3) is 0.500. The second kappa shape index (κ2) is 9.00. The molecule has 2 unspecified atom stereocenters. The maximum Gasteiger partial charge on any atom is 0.335 e. The van der Waals surface area contributed by atoms with E-state index in [0.29, 0.717) is 24.0 Å². The molecule has 3 N–H and O–H groups in total. The molecule has 2 aliphatic heterocycles. The Hall–Kier alpha value is -3.61. The van der Waals surface area contributed by atoms with Crippen molar-refractivity contribution in [2.75, 3.05) is 5.32 Å². The molecule has 7 rings (SSSR count). The van der Waals surface area contributed by atoms with Crippen LogP contribution in [0.5, 0.6) is 0 Å². The van der Waals surface area contributed by atoms with Crippen LogP contribution in [0, 0.1) is 0 Å². The lowest BCUT2D eigenvalue weighted by molar-refractivity contribution is -0.214. The Labute approximate surface area is 217 Å². The molecule has 0 bridgehead atoms. The summed E-state index contributed by atoms with van der Waals surface area (Å²) in [6, 6.07) is 7.81.